The predicted molar refractivity (Wildman–Crippen MR) is 123 cm³/mol. The van der Waals surface area contributed by atoms with Crippen LogP contribution in [0.15, 0.2) is 47.4 Å². The zero-order chi connectivity index (χ0) is 24.0. The molecule has 0 radical (unpaired) electrons. The summed E-state index contributed by atoms with van der Waals surface area (Å²) in [6.45, 7) is 2.89. The molecule has 9 nitrogen and oxygen atoms in total. The molecule has 2 aromatic carbocycles. The van der Waals surface area contributed by atoms with E-state index in [9.17, 15) is 18.0 Å². The Morgan fingerprint density at radius 3 is 2.15 bits per heavy atom. The second kappa shape index (κ2) is 10.7. The normalized spacial score (nSPS) is 14.6. The van der Waals surface area contributed by atoms with E-state index in [-0.39, 0.29) is 29.8 Å². The summed E-state index contributed by atoms with van der Waals surface area (Å²) in [6.07, 6.45) is 0.622. The zero-order valence-electron chi connectivity index (χ0n) is 19.0. The Labute approximate surface area is 194 Å². The van der Waals surface area contributed by atoms with Gasteiger partial charge in [-0.2, -0.15) is 4.31 Å². The van der Waals surface area contributed by atoms with Crippen molar-refractivity contribution in [1.29, 1.82) is 0 Å². The lowest BCUT2D eigenvalue weighted by Crippen LogP contribution is -2.53. The molecule has 10 heteroatoms. The van der Waals surface area contributed by atoms with Gasteiger partial charge in [-0.15, -0.1) is 0 Å². The third-order valence-corrected chi connectivity index (χ3v) is 7.48. The number of benzene rings is 2. The Balaban J connectivity index is 1.50. The number of hydrogen-bond acceptors (Lipinski definition) is 6. The fourth-order valence-electron chi connectivity index (χ4n) is 3.60. The van der Waals surface area contributed by atoms with Gasteiger partial charge in [0.1, 0.15) is 0 Å². The molecule has 0 atom stereocenters. The number of ketones is 1. The van der Waals surface area contributed by atoms with Gasteiger partial charge >= 0.3 is 6.03 Å². The second-order valence-corrected chi connectivity index (χ2v) is 9.58. The number of ether oxygens (including phenoxy) is 2. The number of amides is 2. The SMILES string of the molecule is COc1ccc(CCNC(=O)N2CCN(S(=O)(=O)c3ccc(C(C)=O)cc3)CC2)cc1OC. The minimum absolute atomic E-state index is 0.121. The van der Waals surface area contributed by atoms with Gasteiger partial charge in [0, 0.05) is 38.3 Å². The number of hydrogen-bond donors (Lipinski definition) is 1. The molecule has 178 valence electrons. The molecule has 0 aromatic heterocycles. The highest BCUT2D eigenvalue weighted by Crippen LogP contribution is 2.27. The van der Waals surface area contributed by atoms with Crippen molar-refractivity contribution in [3.63, 3.8) is 0 Å². The van der Waals surface area contributed by atoms with E-state index in [1.165, 1.54) is 35.5 Å². The third-order valence-electron chi connectivity index (χ3n) is 5.56. The van der Waals surface area contributed by atoms with Crippen LogP contribution in [0.25, 0.3) is 0 Å². The van der Waals surface area contributed by atoms with Crippen LogP contribution in [0.2, 0.25) is 0 Å². The molecule has 1 heterocycles. The molecule has 2 amide bonds. The molecule has 1 N–H and O–H groups in total. The third kappa shape index (κ3) is 5.82. The molecule has 0 unspecified atom stereocenters. The average molecular weight is 476 g/mol. The molecule has 0 spiro atoms. The predicted octanol–water partition coefficient (Wildman–Crippen LogP) is 2.17. The highest BCUT2D eigenvalue weighted by molar-refractivity contribution is 7.89. The maximum absolute atomic E-state index is 12.9. The Morgan fingerprint density at radius 2 is 1.58 bits per heavy atom. The van der Waals surface area contributed by atoms with Crippen LogP contribution in [0.4, 0.5) is 4.79 Å². The Hall–Kier alpha value is -3.11. The van der Waals surface area contributed by atoms with Crippen molar-refractivity contribution in [3.05, 3.63) is 53.6 Å². The van der Waals surface area contributed by atoms with Gasteiger partial charge in [-0.05, 0) is 43.2 Å². The summed E-state index contributed by atoms with van der Waals surface area (Å²) >= 11 is 0. The van der Waals surface area contributed by atoms with Gasteiger partial charge in [-0.1, -0.05) is 18.2 Å². The first-order chi connectivity index (χ1) is 15.8. The van der Waals surface area contributed by atoms with Crippen molar-refractivity contribution in [3.8, 4) is 11.5 Å². The molecule has 0 saturated carbocycles. The number of methoxy groups -OCH3 is 2. The van der Waals surface area contributed by atoms with Gasteiger partial charge in [0.25, 0.3) is 0 Å². The molecule has 1 fully saturated rings. The van der Waals surface area contributed by atoms with Crippen LogP contribution in [0, 0.1) is 0 Å². The minimum atomic E-state index is -3.68. The van der Waals surface area contributed by atoms with E-state index in [2.05, 4.69) is 5.32 Å². The van der Waals surface area contributed by atoms with Gasteiger partial charge in [0.15, 0.2) is 17.3 Å². The highest BCUT2D eigenvalue weighted by atomic mass is 32.2. The number of nitrogens with one attached hydrogen (secondary N) is 1. The highest BCUT2D eigenvalue weighted by Gasteiger charge is 2.30. The summed E-state index contributed by atoms with van der Waals surface area (Å²) in [5, 5.41) is 2.88. The summed E-state index contributed by atoms with van der Waals surface area (Å²) in [7, 11) is -0.527. The summed E-state index contributed by atoms with van der Waals surface area (Å²) in [6, 6.07) is 11.3. The molecule has 3 rings (SSSR count). The molecular formula is C23H29N3O6S. The Kier molecular flexibility index (Phi) is 7.93. The largest absolute Gasteiger partial charge is 0.493 e. The minimum Gasteiger partial charge on any atom is -0.493 e. The van der Waals surface area contributed by atoms with E-state index >= 15 is 0 Å². The number of rotatable bonds is 8. The first-order valence-corrected chi connectivity index (χ1v) is 12.0. The number of nitrogens with zero attached hydrogens (tertiary/aromatic N) is 2. The van der Waals surface area contributed by atoms with Gasteiger partial charge in [-0.25, -0.2) is 13.2 Å². The van der Waals surface area contributed by atoms with Crippen LogP contribution < -0.4 is 14.8 Å². The number of piperazine rings is 1. The number of sulfonamides is 1. The van der Waals surface area contributed by atoms with E-state index in [4.69, 9.17) is 9.47 Å². The van der Waals surface area contributed by atoms with E-state index in [1.807, 2.05) is 18.2 Å². The number of Topliss-reactive ketones (excluding diaryl/α,β-unsaturated/α-hetero) is 1. The number of carbonyl (C=O) groups excluding carboxylic acids is 2. The molecule has 1 aliphatic heterocycles. The van der Waals surface area contributed by atoms with Gasteiger partial charge in [0.05, 0.1) is 19.1 Å². The van der Waals surface area contributed by atoms with Crippen molar-refractivity contribution >= 4 is 21.8 Å². The lowest BCUT2D eigenvalue weighted by Gasteiger charge is -2.34. The monoisotopic (exact) mass is 475 g/mol. The van der Waals surface area contributed by atoms with E-state index in [0.29, 0.717) is 43.1 Å². The Morgan fingerprint density at radius 1 is 0.939 bits per heavy atom. The van der Waals surface area contributed by atoms with Crippen LogP contribution >= 0.6 is 0 Å². The molecule has 1 aliphatic rings. The summed E-state index contributed by atoms with van der Waals surface area (Å²) in [5.41, 5.74) is 1.46. The number of carbonyl (C=O) groups is 2. The first-order valence-electron chi connectivity index (χ1n) is 10.6. The molecule has 0 aliphatic carbocycles. The average Bonchev–Trinajstić information content (AvgIpc) is 2.83. The van der Waals surface area contributed by atoms with Crippen molar-refractivity contribution < 1.29 is 27.5 Å². The van der Waals surface area contributed by atoms with Crippen molar-refractivity contribution in [2.75, 3.05) is 46.9 Å². The van der Waals surface area contributed by atoms with Crippen LogP contribution in [0.3, 0.4) is 0 Å². The molecule has 0 bridgehead atoms. The van der Waals surface area contributed by atoms with E-state index in [1.54, 1.807) is 19.1 Å². The van der Waals surface area contributed by atoms with Crippen LogP contribution in [-0.4, -0.2) is 76.4 Å². The first kappa shape index (κ1) is 24.5. The maximum atomic E-state index is 12.9. The van der Waals surface area contributed by atoms with Gasteiger partial charge in [-0.3, -0.25) is 4.79 Å². The van der Waals surface area contributed by atoms with Crippen molar-refractivity contribution in [2.24, 2.45) is 0 Å². The lowest BCUT2D eigenvalue weighted by atomic mass is 10.1. The van der Waals surface area contributed by atoms with Crippen molar-refractivity contribution in [2.45, 2.75) is 18.2 Å². The Bertz CT molecular complexity index is 1090. The van der Waals surface area contributed by atoms with E-state index < -0.39 is 10.0 Å². The van der Waals surface area contributed by atoms with Gasteiger partial charge < -0.3 is 19.7 Å². The molecule has 33 heavy (non-hydrogen) atoms. The maximum Gasteiger partial charge on any atom is 0.317 e. The lowest BCUT2D eigenvalue weighted by molar-refractivity contribution is 0.101. The van der Waals surface area contributed by atoms with Crippen molar-refractivity contribution in [1.82, 2.24) is 14.5 Å². The van der Waals surface area contributed by atoms with Crippen LogP contribution in [0.1, 0.15) is 22.8 Å². The fourth-order valence-corrected chi connectivity index (χ4v) is 5.03. The standard InChI is InChI=1S/C23H29N3O6S/c1-17(27)19-5-7-20(8-6-19)33(29,30)26-14-12-25(13-15-26)23(28)24-11-10-18-4-9-21(31-2)22(16-18)32-3/h4-9,16H,10-15H2,1-3H3,(H,24,28). The fraction of sp³-hybridized carbons (Fsp3) is 0.391. The summed E-state index contributed by atoms with van der Waals surface area (Å²) in [5.74, 6) is 1.16. The second-order valence-electron chi connectivity index (χ2n) is 7.64. The number of urea groups is 1. The summed E-state index contributed by atoms with van der Waals surface area (Å²) < 4.78 is 37.6. The zero-order valence-corrected chi connectivity index (χ0v) is 19.9. The molecule has 2 aromatic rings. The molecule has 1 saturated heterocycles. The summed E-state index contributed by atoms with van der Waals surface area (Å²) in [4.78, 5) is 25.7. The van der Waals surface area contributed by atoms with Crippen LogP contribution in [0.5, 0.6) is 11.5 Å². The van der Waals surface area contributed by atoms with Gasteiger partial charge in [0.2, 0.25) is 10.0 Å². The van der Waals surface area contributed by atoms with Crippen LogP contribution in [-0.2, 0) is 16.4 Å². The topological polar surface area (TPSA) is 105 Å². The quantitative estimate of drug-likeness (QED) is 0.587. The van der Waals surface area contributed by atoms with E-state index in [0.717, 1.165) is 5.56 Å². The smallest absolute Gasteiger partial charge is 0.317 e. The molecular weight excluding hydrogens is 446 g/mol.